The number of ether oxygens (including phenoxy) is 1. The lowest BCUT2D eigenvalue weighted by molar-refractivity contribution is -0.143. The largest absolute Gasteiger partial charge is 0.480 e. The highest BCUT2D eigenvalue weighted by Gasteiger charge is 2.34. The molecule has 0 aromatic carbocycles. The summed E-state index contributed by atoms with van der Waals surface area (Å²) in [4.78, 5) is 48.7. The summed E-state index contributed by atoms with van der Waals surface area (Å²) in [5.41, 5.74) is -0.713. The van der Waals surface area contributed by atoms with Gasteiger partial charge >= 0.3 is 12.1 Å². The van der Waals surface area contributed by atoms with E-state index in [2.05, 4.69) is 16.0 Å². The van der Waals surface area contributed by atoms with E-state index in [-0.39, 0.29) is 18.2 Å². The maximum atomic E-state index is 12.9. The molecule has 2 rings (SSSR count). The second kappa shape index (κ2) is 10.6. The SMILES string of the molecule is CC(C)(C)OC(=O)NC(CC1CCCCC1)C(=O)NC(C[C@@H]1CCNC1=O)C(=O)O. The van der Waals surface area contributed by atoms with Gasteiger partial charge in [0, 0.05) is 12.5 Å². The van der Waals surface area contributed by atoms with Crippen molar-refractivity contribution in [1.29, 1.82) is 0 Å². The quantitative estimate of drug-likeness (QED) is 0.470. The lowest BCUT2D eigenvalue weighted by atomic mass is 9.84. The third kappa shape index (κ3) is 7.84. The Morgan fingerprint density at radius 3 is 2.27 bits per heavy atom. The minimum atomic E-state index is -1.20. The second-order valence-corrected chi connectivity index (χ2v) is 9.35. The minimum Gasteiger partial charge on any atom is -0.480 e. The van der Waals surface area contributed by atoms with Gasteiger partial charge in [0.1, 0.15) is 17.7 Å². The molecule has 0 aromatic heterocycles. The number of rotatable bonds is 8. The summed E-state index contributed by atoms with van der Waals surface area (Å²) < 4.78 is 5.28. The van der Waals surface area contributed by atoms with E-state index in [0.717, 1.165) is 32.1 Å². The molecule has 1 aliphatic heterocycles. The molecule has 0 spiro atoms. The molecule has 1 saturated heterocycles. The Morgan fingerprint density at radius 2 is 1.73 bits per heavy atom. The van der Waals surface area contributed by atoms with Crippen LogP contribution < -0.4 is 16.0 Å². The van der Waals surface area contributed by atoms with Gasteiger partial charge in [-0.15, -0.1) is 0 Å². The zero-order chi connectivity index (χ0) is 22.3. The van der Waals surface area contributed by atoms with Gasteiger partial charge in [-0.1, -0.05) is 32.1 Å². The molecule has 170 valence electrons. The third-order valence-corrected chi connectivity index (χ3v) is 5.60. The molecule has 1 heterocycles. The summed E-state index contributed by atoms with van der Waals surface area (Å²) >= 11 is 0. The number of carboxylic acid groups (broad SMARTS) is 1. The van der Waals surface area contributed by atoms with Crippen LogP contribution in [0.3, 0.4) is 0 Å². The normalized spacial score (nSPS) is 22.0. The topological polar surface area (TPSA) is 134 Å². The fourth-order valence-electron chi connectivity index (χ4n) is 4.09. The van der Waals surface area contributed by atoms with E-state index in [4.69, 9.17) is 4.74 Å². The molecule has 3 amide bonds. The van der Waals surface area contributed by atoms with Crippen LogP contribution in [0.1, 0.15) is 72.1 Å². The predicted octanol–water partition coefficient (Wildman–Crippen LogP) is 1.95. The van der Waals surface area contributed by atoms with Crippen molar-refractivity contribution in [3.05, 3.63) is 0 Å². The van der Waals surface area contributed by atoms with Gasteiger partial charge in [-0.2, -0.15) is 0 Å². The number of carboxylic acids is 1. The molecule has 9 heteroatoms. The van der Waals surface area contributed by atoms with Crippen LogP contribution in [0.4, 0.5) is 4.79 Å². The van der Waals surface area contributed by atoms with Gasteiger partial charge in [0.05, 0.1) is 0 Å². The Hall–Kier alpha value is -2.32. The molecule has 9 nitrogen and oxygen atoms in total. The first-order valence-corrected chi connectivity index (χ1v) is 10.9. The molecule has 1 saturated carbocycles. The molecule has 0 aromatic rings. The summed E-state index contributed by atoms with van der Waals surface area (Å²) in [6.07, 6.45) is 5.57. The first kappa shape index (κ1) is 24.0. The second-order valence-electron chi connectivity index (χ2n) is 9.35. The number of alkyl carbamates (subject to hydrolysis) is 1. The highest BCUT2D eigenvalue weighted by molar-refractivity contribution is 5.90. The Kier molecular flexibility index (Phi) is 8.49. The van der Waals surface area contributed by atoms with Crippen LogP contribution in [0, 0.1) is 11.8 Å². The average Bonchev–Trinajstić information content (AvgIpc) is 3.04. The van der Waals surface area contributed by atoms with E-state index in [9.17, 15) is 24.3 Å². The third-order valence-electron chi connectivity index (χ3n) is 5.60. The number of nitrogens with one attached hydrogen (secondary N) is 3. The van der Waals surface area contributed by atoms with Crippen LogP contribution in [-0.4, -0.2) is 53.2 Å². The van der Waals surface area contributed by atoms with Gasteiger partial charge in [-0.05, 0) is 46.0 Å². The molecule has 30 heavy (non-hydrogen) atoms. The highest BCUT2D eigenvalue weighted by atomic mass is 16.6. The fourth-order valence-corrected chi connectivity index (χ4v) is 4.09. The van der Waals surface area contributed by atoms with E-state index in [0.29, 0.717) is 19.4 Å². The Morgan fingerprint density at radius 1 is 1.07 bits per heavy atom. The van der Waals surface area contributed by atoms with Gasteiger partial charge in [0.15, 0.2) is 0 Å². The zero-order valence-electron chi connectivity index (χ0n) is 18.2. The molecule has 2 aliphatic rings. The molecule has 3 atom stereocenters. The zero-order valence-corrected chi connectivity index (χ0v) is 18.2. The van der Waals surface area contributed by atoms with Crippen molar-refractivity contribution in [2.75, 3.05) is 6.54 Å². The Labute approximate surface area is 177 Å². The number of carbonyl (C=O) groups excluding carboxylic acids is 3. The molecule has 1 aliphatic carbocycles. The van der Waals surface area contributed by atoms with Crippen LogP contribution in [0.5, 0.6) is 0 Å². The fraction of sp³-hybridized carbons (Fsp3) is 0.810. The summed E-state index contributed by atoms with van der Waals surface area (Å²) in [7, 11) is 0. The Bertz CT molecular complexity index is 639. The van der Waals surface area contributed by atoms with Crippen molar-refractivity contribution in [2.45, 2.75) is 89.8 Å². The summed E-state index contributed by atoms with van der Waals surface area (Å²) in [6, 6.07) is -2.08. The van der Waals surface area contributed by atoms with Crippen LogP contribution in [0.25, 0.3) is 0 Å². The smallest absolute Gasteiger partial charge is 0.408 e. The monoisotopic (exact) mass is 425 g/mol. The van der Waals surface area contributed by atoms with Gasteiger partial charge in [0.2, 0.25) is 11.8 Å². The first-order chi connectivity index (χ1) is 14.0. The van der Waals surface area contributed by atoms with Crippen molar-refractivity contribution in [3.8, 4) is 0 Å². The van der Waals surface area contributed by atoms with Gasteiger partial charge < -0.3 is 25.8 Å². The van der Waals surface area contributed by atoms with Crippen LogP contribution in [0.2, 0.25) is 0 Å². The van der Waals surface area contributed by atoms with Crippen LogP contribution in [0.15, 0.2) is 0 Å². The Balaban J connectivity index is 2.05. The molecular formula is C21H35N3O6. The van der Waals surface area contributed by atoms with Crippen molar-refractivity contribution in [3.63, 3.8) is 0 Å². The van der Waals surface area contributed by atoms with E-state index < -0.39 is 41.6 Å². The number of carbonyl (C=O) groups is 4. The maximum Gasteiger partial charge on any atom is 0.408 e. The van der Waals surface area contributed by atoms with Crippen molar-refractivity contribution in [2.24, 2.45) is 11.8 Å². The maximum absolute atomic E-state index is 12.9. The average molecular weight is 426 g/mol. The van der Waals surface area contributed by atoms with Gasteiger partial charge in [0.25, 0.3) is 0 Å². The van der Waals surface area contributed by atoms with E-state index in [1.165, 1.54) is 0 Å². The van der Waals surface area contributed by atoms with E-state index >= 15 is 0 Å². The predicted molar refractivity (Wildman–Crippen MR) is 110 cm³/mol. The van der Waals surface area contributed by atoms with E-state index in [1.54, 1.807) is 20.8 Å². The van der Waals surface area contributed by atoms with Crippen molar-refractivity contribution in [1.82, 2.24) is 16.0 Å². The first-order valence-electron chi connectivity index (χ1n) is 10.9. The summed E-state index contributed by atoms with van der Waals surface area (Å²) in [6.45, 7) is 5.70. The van der Waals surface area contributed by atoms with Gasteiger partial charge in [-0.25, -0.2) is 9.59 Å². The molecule has 0 radical (unpaired) electrons. The van der Waals surface area contributed by atoms with Crippen molar-refractivity contribution < 1.29 is 29.0 Å². The number of hydrogen-bond donors (Lipinski definition) is 4. The van der Waals surface area contributed by atoms with Crippen LogP contribution >= 0.6 is 0 Å². The molecule has 4 N–H and O–H groups in total. The standard InChI is InChI=1S/C21H35N3O6/c1-21(2,3)30-20(29)24-15(11-13-7-5-4-6-8-13)18(26)23-16(19(27)28)12-14-9-10-22-17(14)25/h13-16H,4-12H2,1-3H3,(H,22,25)(H,23,26)(H,24,29)(H,27,28)/t14-,15?,16?/m0/s1. The number of amides is 3. The number of aliphatic carboxylic acids is 1. The summed E-state index contributed by atoms with van der Waals surface area (Å²) in [5, 5.41) is 17.4. The molecule has 2 unspecified atom stereocenters. The summed E-state index contributed by atoms with van der Waals surface area (Å²) in [5.74, 6) is -2.11. The highest BCUT2D eigenvalue weighted by Crippen LogP contribution is 2.27. The molecule has 0 bridgehead atoms. The molecular weight excluding hydrogens is 390 g/mol. The van der Waals surface area contributed by atoms with Gasteiger partial charge in [-0.3, -0.25) is 9.59 Å². The van der Waals surface area contributed by atoms with Crippen LogP contribution in [-0.2, 0) is 19.1 Å². The lowest BCUT2D eigenvalue weighted by Crippen LogP contribution is -2.53. The minimum absolute atomic E-state index is 0.0233. The van der Waals surface area contributed by atoms with E-state index in [1.807, 2.05) is 0 Å². The van der Waals surface area contributed by atoms with Crippen molar-refractivity contribution >= 4 is 23.9 Å². The number of hydrogen-bond acceptors (Lipinski definition) is 5. The lowest BCUT2D eigenvalue weighted by Gasteiger charge is -2.28. The molecule has 2 fully saturated rings.